The summed E-state index contributed by atoms with van der Waals surface area (Å²) in [6.07, 6.45) is 0.338. The summed E-state index contributed by atoms with van der Waals surface area (Å²) in [5.74, 6) is 0.488. The van der Waals surface area contributed by atoms with Crippen molar-refractivity contribution in [2.75, 3.05) is 45.8 Å². The Morgan fingerprint density at radius 2 is 1.79 bits per heavy atom. The second-order valence-electron chi connectivity index (χ2n) is 6.15. The highest BCUT2D eigenvalue weighted by Gasteiger charge is 2.38. The van der Waals surface area contributed by atoms with Gasteiger partial charge in [0.25, 0.3) is 0 Å². The lowest BCUT2D eigenvalue weighted by molar-refractivity contribution is 0.293. The monoisotopic (exact) mass is 376 g/mol. The Bertz CT molecular complexity index is 758. The first-order valence-corrected chi connectivity index (χ1v) is 10.9. The summed E-state index contributed by atoms with van der Waals surface area (Å²) in [4.78, 5) is 2.02. The minimum absolute atomic E-state index is 0.0360. The van der Waals surface area contributed by atoms with Crippen molar-refractivity contribution in [3.05, 3.63) is 24.3 Å². The van der Waals surface area contributed by atoms with Crippen LogP contribution in [0.1, 0.15) is 6.42 Å². The molecule has 1 aliphatic rings. The Morgan fingerprint density at radius 1 is 1.17 bits per heavy atom. The molecule has 0 N–H and O–H groups in total. The molecule has 1 aromatic carbocycles. The van der Waals surface area contributed by atoms with Crippen molar-refractivity contribution in [2.45, 2.75) is 17.4 Å². The van der Waals surface area contributed by atoms with E-state index in [0.717, 1.165) is 0 Å². The van der Waals surface area contributed by atoms with E-state index in [0.29, 0.717) is 18.7 Å². The topological polar surface area (TPSA) is 84.0 Å². The normalized spacial score (nSPS) is 20.6. The number of likely N-dealkylation sites (N-methyl/N-ethyl adjacent to an activating group) is 1. The van der Waals surface area contributed by atoms with Gasteiger partial charge in [0.15, 0.2) is 9.84 Å². The van der Waals surface area contributed by atoms with Crippen LogP contribution in [0, 0.1) is 0 Å². The van der Waals surface area contributed by atoms with Crippen LogP contribution >= 0.6 is 0 Å². The average Bonchev–Trinajstić information content (AvgIpc) is 2.86. The maximum Gasteiger partial charge on any atom is 0.243 e. The molecule has 1 aliphatic heterocycles. The molecule has 1 aromatic rings. The van der Waals surface area contributed by atoms with Crippen LogP contribution in [0.15, 0.2) is 29.2 Å². The summed E-state index contributed by atoms with van der Waals surface area (Å²) in [5, 5.41) is 0. The van der Waals surface area contributed by atoms with Gasteiger partial charge in [0.2, 0.25) is 10.0 Å². The van der Waals surface area contributed by atoms with Crippen LogP contribution in [0.5, 0.6) is 5.75 Å². The molecule has 136 valence electrons. The fourth-order valence-corrected chi connectivity index (χ4v) is 6.15. The second-order valence-corrected chi connectivity index (χ2v) is 10.3. The quantitative estimate of drug-likeness (QED) is 0.686. The van der Waals surface area contributed by atoms with Crippen molar-refractivity contribution in [2.24, 2.45) is 0 Å². The van der Waals surface area contributed by atoms with Crippen LogP contribution in [0.25, 0.3) is 0 Å². The minimum Gasteiger partial charge on any atom is -0.497 e. The zero-order valence-corrected chi connectivity index (χ0v) is 15.8. The van der Waals surface area contributed by atoms with Gasteiger partial charge in [-0.3, -0.25) is 0 Å². The van der Waals surface area contributed by atoms with E-state index >= 15 is 0 Å². The van der Waals surface area contributed by atoms with E-state index in [2.05, 4.69) is 0 Å². The number of sulfone groups is 1. The Hall–Kier alpha value is -1.16. The number of methoxy groups -OCH3 is 1. The van der Waals surface area contributed by atoms with Crippen LogP contribution in [0.4, 0.5) is 0 Å². The van der Waals surface area contributed by atoms with Gasteiger partial charge in [-0.2, -0.15) is 4.31 Å². The van der Waals surface area contributed by atoms with Crippen LogP contribution in [-0.4, -0.2) is 77.9 Å². The van der Waals surface area contributed by atoms with Gasteiger partial charge in [-0.25, -0.2) is 16.8 Å². The van der Waals surface area contributed by atoms with Crippen molar-refractivity contribution in [1.82, 2.24) is 9.21 Å². The SMILES string of the molecule is COc1ccc(S(=O)(=O)N(CCN(C)C)[C@@H]2CCS(=O)(=O)C2)cc1. The van der Waals surface area contributed by atoms with Gasteiger partial charge in [0.05, 0.1) is 23.5 Å². The Labute approximate surface area is 144 Å². The first-order valence-electron chi connectivity index (χ1n) is 7.67. The highest BCUT2D eigenvalue weighted by molar-refractivity contribution is 7.92. The molecule has 9 heteroatoms. The molecule has 0 unspecified atom stereocenters. The first kappa shape index (κ1) is 19.2. The van der Waals surface area contributed by atoms with Crippen LogP contribution in [0.3, 0.4) is 0 Å². The Balaban J connectivity index is 2.33. The second kappa shape index (κ2) is 7.38. The van der Waals surface area contributed by atoms with Gasteiger partial charge in [0, 0.05) is 19.1 Å². The summed E-state index contributed by atoms with van der Waals surface area (Å²) < 4.78 is 56.0. The standard InChI is InChI=1S/C15H24N2O5S2/c1-16(2)9-10-17(13-8-11-23(18,19)12-13)24(20,21)15-6-4-14(22-3)5-7-15/h4-7,13H,8-12H2,1-3H3/t13-/m1/s1. The van der Waals surface area contributed by atoms with E-state index in [-0.39, 0.29) is 22.9 Å². The van der Waals surface area contributed by atoms with Crippen LogP contribution in [0.2, 0.25) is 0 Å². The minimum atomic E-state index is -3.77. The van der Waals surface area contributed by atoms with Crippen LogP contribution in [-0.2, 0) is 19.9 Å². The zero-order valence-electron chi connectivity index (χ0n) is 14.2. The largest absolute Gasteiger partial charge is 0.497 e. The van der Waals surface area contributed by atoms with Gasteiger partial charge < -0.3 is 9.64 Å². The number of rotatable bonds is 7. The van der Waals surface area contributed by atoms with Crippen LogP contribution < -0.4 is 4.74 Å². The third kappa shape index (κ3) is 4.47. The van der Waals surface area contributed by atoms with Crippen molar-refractivity contribution in [3.63, 3.8) is 0 Å². The molecule has 7 nitrogen and oxygen atoms in total. The van der Waals surface area contributed by atoms with E-state index in [1.807, 2.05) is 19.0 Å². The van der Waals surface area contributed by atoms with Gasteiger partial charge >= 0.3 is 0 Å². The molecule has 1 atom stereocenters. The molecule has 0 aliphatic carbocycles. The number of nitrogens with zero attached hydrogens (tertiary/aromatic N) is 2. The molecular formula is C15H24N2O5S2. The van der Waals surface area contributed by atoms with Crippen molar-refractivity contribution >= 4 is 19.9 Å². The zero-order chi connectivity index (χ0) is 18.0. The fraction of sp³-hybridized carbons (Fsp3) is 0.600. The third-order valence-electron chi connectivity index (χ3n) is 4.05. The van der Waals surface area contributed by atoms with E-state index in [1.165, 1.54) is 23.5 Å². The van der Waals surface area contributed by atoms with E-state index in [4.69, 9.17) is 4.74 Å². The van der Waals surface area contributed by atoms with Crippen molar-refractivity contribution < 1.29 is 21.6 Å². The summed E-state index contributed by atoms with van der Waals surface area (Å²) in [6.45, 7) is 0.771. The number of benzene rings is 1. The molecule has 24 heavy (non-hydrogen) atoms. The van der Waals surface area contributed by atoms with Gasteiger partial charge in [0.1, 0.15) is 5.75 Å². The number of hydrogen-bond donors (Lipinski definition) is 0. The maximum absolute atomic E-state index is 13.0. The van der Waals surface area contributed by atoms with Crippen molar-refractivity contribution in [3.8, 4) is 5.75 Å². The summed E-state index contributed by atoms with van der Waals surface area (Å²) in [5.41, 5.74) is 0. The smallest absolute Gasteiger partial charge is 0.243 e. The highest BCUT2D eigenvalue weighted by Crippen LogP contribution is 2.26. The molecule has 1 fully saturated rings. The molecule has 1 heterocycles. The van der Waals surface area contributed by atoms with Gasteiger partial charge in [-0.15, -0.1) is 0 Å². The molecule has 2 rings (SSSR count). The Morgan fingerprint density at radius 3 is 2.25 bits per heavy atom. The molecule has 1 saturated heterocycles. The summed E-state index contributed by atoms with van der Waals surface area (Å²) >= 11 is 0. The number of sulfonamides is 1. The van der Waals surface area contributed by atoms with E-state index < -0.39 is 25.9 Å². The lowest BCUT2D eigenvalue weighted by Gasteiger charge is -2.28. The first-order chi connectivity index (χ1) is 11.2. The van der Waals surface area contributed by atoms with Crippen molar-refractivity contribution in [1.29, 1.82) is 0 Å². The average molecular weight is 377 g/mol. The predicted molar refractivity (Wildman–Crippen MR) is 92.5 cm³/mol. The number of ether oxygens (including phenoxy) is 1. The molecule has 0 saturated carbocycles. The summed E-state index contributed by atoms with van der Waals surface area (Å²) in [7, 11) is -1.73. The molecule has 0 spiro atoms. The predicted octanol–water partition coefficient (Wildman–Crippen LogP) is 0.435. The Kier molecular flexibility index (Phi) is 5.90. The maximum atomic E-state index is 13.0. The van der Waals surface area contributed by atoms with Gasteiger partial charge in [-0.1, -0.05) is 0 Å². The molecule has 0 radical (unpaired) electrons. The fourth-order valence-electron chi connectivity index (χ4n) is 2.68. The molecule has 0 bridgehead atoms. The third-order valence-corrected chi connectivity index (χ3v) is 7.77. The lowest BCUT2D eigenvalue weighted by atomic mass is 10.2. The molecule has 0 aromatic heterocycles. The highest BCUT2D eigenvalue weighted by atomic mass is 32.2. The summed E-state index contributed by atoms with van der Waals surface area (Å²) in [6, 6.07) is 5.63. The molecular weight excluding hydrogens is 352 g/mol. The lowest BCUT2D eigenvalue weighted by Crippen LogP contribution is -2.44. The van der Waals surface area contributed by atoms with E-state index in [1.54, 1.807) is 12.1 Å². The number of hydrogen-bond acceptors (Lipinski definition) is 6. The van der Waals surface area contributed by atoms with E-state index in [9.17, 15) is 16.8 Å². The molecule has 0 amide bonds. The van der Waals surface area contributed by atoms with Gasteiger partial charge in [-0.05, 0) is 44.8 Å².